The summed E-state index contributed by atoms with van der Waals surface area (Å²) >= 11 is 0. The molecule has 0 radical (unpaired) electrons. The first-order valence-electron chi connectivity index (χ1n) is 9.92. The van der Waals surface area contributed by atoms with E-state index in [1.165, 1.54) is 0 Å². The average Bonchev–Trinajstić information content (AvgIpc) is 3.46. The molecule has 1 atom stereocenters. The summed E-state index contributed by atoms with van der Waals surface area (Å²) in [5.41, 5.74) is 4.87. The second-order valence-corrected chi connectivity index (χ2v) is 7.48. The Hall–Kier alpha value is -3.98. The van der Waals surface area contributed by atoms with Gasteiger partial charge < -0.3 is 9.88 Å². The molecule has 4 aromatic rings. The minimum atomic E-state index is -0.128. The van der Waals surface area contributed by atoms with Gasteiger partial charge in [0.15, 0.2) is 0 Å². The lowest BCUT2D eigenvalue weighted by Crippen LogP contribution is -2.29. The van der Waals surface area contributed by atoms with E-state index in [0.29, 0.717) is 24.5 Å². The van der Waals surface area contributed by atoms with Crippen LogP contribution in [-0.4, -0.2) is 38.8 Å². The molecule has 30 heavy (non-hydrogen) atoms. The maximum absolute atomic E-state index is 12.8. The van der Waals surface area contributed by atoms with Crippen molar-refractivity contribution >= 4 is 16.9 Å². The zero-order chi connectivity index (χ0) is 20.5. The second-order valence-electron chi connectivity index (χ2n) is 7.48. The van der Waals surface area contributed by atoms with E-state index in [1.54, 1.807) is 17.2 Å². The van der Waals surface area contributed by atoms with Crippen LogP contribution in [0.25, 0.3) is 33.5 Å². The minimum Gasteiger partial charge on any atom is -0.339 e. The van der Waals surface area contributed by atoms with Crippen LogP contribution >= 0.6 is 0 Å². The Labute approximate surface area is 173 Å². The summed E-state index contributed by atoms with van der Waals surface area (Å²) in [6.07, 6.45) is 2.49. The molecule has 0 bridgehead atoms. The molecule has 1 amide bonds. The molecule has 5 rings (SSSR count). The molecule has 6 heteroatoms. The van der Waals surface area contributed by atoms with Gasteiger partial charge in [-0.1, -0.05) is 36.4 Å². The smallest absolute Gasteiger partial charge is 0.272 e. The van der Waals surface area contributed by atoms with Crippen molar-refractivity contribution in [2.24, 2.45) is 5.92 Å². The lowest BCUT2D eigenvalue weighted by molar-refractivity contribution is 0.0784. The first-order valence-corrected chi connectivity index (χ1v) is 9.92. The lowest BCUT2D eigenvalue weighted by atomic mass is 10.1. The van der Waals surface area contributed by atoms with Crippen LogP contribution in [0.1, 0.15) is 16.9 Å². The molecular weight excluding hydrogens is 374 g/mol. The predicted octanol–water partition coefficient (Wildman–Crippen LogP) is 4.28. The molecule has 0 spiro atoms. The van der Waals surface area contributed by atoms with Gasteiger partial charge in [-0.3, -0.25) is 4.79 Å². The van der Waals surface area contributed by atoms with Gasteiger partial charge in [0.05, 0.1) is 17.7 Å². The minimum absolute atomic E-state index is 0.0869. The number of likely N-dealkylation sites (tertiary alicyclic amines) is 1. The molecule has 0 saturated carbocycles. The van der Waals surface area contributed by atoms with E-state index in [1.807, 2.05) is 36.4 Å². The molecule has 4 heterocycles. The number of amides is 1. The van der Waals surface area contributed by atoms with E-state index in [9.17, 15) is 4.79 Å². The summed E-state index contributed by atoms with van der Waals surface area (Å²) in [5, 5.41) is 10.1. The SMILES string of the molecule is N#C[C@H]1CCN(C(=O)c2cccc(-c3cnc4[nH]c(-c5ccccc5)cc4c3)n2)C1. The number of aromatic nitrogens is 3. The van der Waals surface area contributed by atoms with Gasteiger partial charge in [0.2, 0.25) is 0 Å². The Morgan fingerprint density at radius 1 is 1.10 bits per heavy atom. The first kappa shape index (κ1) is 18.1. The van der Waals surface area contributed by atoms with Crippen LogP contribution in [0.15, 0.2) is 66.9 Å². The first-order chi connectivity index (χ1) is 14.7. The van der Waals surface area contributed by atoms with Crippen molar-refractivity contribution in [3.8, 4) is 28.6 Å². The molecule has 0 unspecified atom stereocenters. The van der Waals surface area contributed by atoms with Crippen LogP contribution in [0.5, 0.6) is 0 Å². The molecule has 1 N–H and O–H groups in total. The fourth-order valence-corrected chi connectivity index (χ4v) is 3.86. The number of nitriles is 1. The standard InChI is InChI=1S/C24H19N5O/c25-13-16-9-10-29(15-16)24(30)21-8-4-7-20(27-21)19-11-18-12-22(28-23(18)26-14-19)17-5-2-1-3-6-17/h1-8,11-12,14,16H,9-10,15H2,(H,26,28)/t16-/m1/s1. The molecule has 0 aliphatic carbocycles. The molecule has 1 saturated heterocycles. The van der Waals surface area contributed by atoms with Crippen molar-refractivity contribution in [3.63, 3.8) is 0 Å². The van der Waals surface area contributed by atoms with Gasteiger partial charge in [0.25, 0.3) is 5.91 Å². The monoisotopic (exact) mass is 393 g/mol. The molecule has 146 valence electrons. The molecule has 1 aromatic carbocycles. The predicted molar refractivity (Wildman–Crippen MR) is 114 cm³/mol. The average molecular weight is 393 g/mol. The number of hydrogen-bond donors (Lipinski definition) is 1. The van der Waals surface area contributed by atoms with Crippen LogP contribution in [-0.2, 0) is 0 Å². The number of rotatable bonds is 3. The molecular formula is C24H19N5O. The third-order valence-corrected chi connectivity index (χ3v) is 5.48. The normalized spacial score (nSPS) is 16.0. The fraction of sp³-hybridized carbons (Fsp3) is 0.167. The zero-order valence-electron chi connectivity index (χ0n) is 16.2. The Bertz CT molecular complexity index is 1270. The van der Waals surface area contributed by atoms with Gasteiger partial charge in [0, 0.05) is 35.9 Å². The van der Waals surface area contributed by atoms with Gasteiger partial charge >= 0.3 is 0 Å². The molecule has 3 aromatic heterocycles. The van der Waals surface area contributed by atoms with Crippen molar-refractivity contribution in [3.05, 3.63) is 72.6 Å². The number of pyridine rings is 2. The number of hydrogen-bond acceptors (Lipinski definition) is 4. The largest absolute Gasteiger partial charge is 0.339 e. The van der Waals surface area contributed by atoms with Crippen molar-refractivity contribution in [1.82, 2.24) is 19.9 Å². The van der Waals surface area contributed by atoms with E-state index in [0.717, 1.165) is 34.3 Å². The Morgan fingerprint density at radius 2 is 1.97 bits per heavy atom. The van der Waals surface area contributed by atoms with Crippen LogP contribution in [0.2, 0.25) is 0 Å². The summed E-state index contributed by atoms with van der Waals surface area (Å²) in [6.45, 7) is 1.07. The summed E-state index contributed by atoms with van der Waals surface area (Å²) in [5.74, 6) is -0.215. The summed E-state index contributed by atoms with van der Waals surface area (Å²) in [7, 11) is 0. The zero-order valence-corrected chi connectivity index (χ0v) is 16.2. The molecule has 1 aliphatic rings. The van der Waals surface area contributed by atoms with Crippen molar-refractivity contribution < 1.29 is 4.79 Å². The molecule has 1 aliphatic heterocycles. The highest BCUT2D eigenvalue weighted by Gasteiger charge is 2.27. The van der Waals surface area contributed by atoms with E-state index < -0.39 is 0 Å². The number of carbonyl (C=O) groups excluding carboxylic acids is 1. The third-order valence-electron chi connectivity index (χ3n) is 5.48. The van der Waals surface area contributed by atoms with Crippen LogP contribution in [0.4, 0.5) is 0 Å². The van der Waals surface area contributed by atoms with E-state index >= 15 is 0 Å². The van der Waals surface area contributed by atoms with E-state index in [-0.39, 0.29) is 11.8 Å². The molecule has 1 fully saturated rings. The quantitative estimate of drug-likeness (QED) is 0.563. The number of carbonyl (C=O) groups is 1. The highest BCUT2D eigenvalue weighted by Crippen LogP contribution is 2.27. The summed E-state index contributed by atoms with van der Waals surface area (Å²) in [6, 6.07) is 21.9. The van der Waals surface area contributed by atoms with Gasteiger partial charge in [-0.15, -0.1) is 0 Å². The molecule has 6 nitrogen and oxygen atoms in total. The summed E-state index contributed by atoms with van der Waals surface area (Å²) < 4.78 is 0. The van der Waals surface area contributed by atoms with Gasteiger partial charge in [-0.25, -0.2) is 9.97 Å². The van der Waals surface area contributed by atoms with Gasteiger partial charge in [-0.05, 0) is 36.2 Å². The topological polar surface area (TPSA) is 85.7 Å². The third kappa shape index (κ3) is 3.31. The van der Waals surface area contributed by atoms with Gasteiger partial charge in [0.1, 0.15) is 11.3 Å². The lowest BCUT2D eigenvalue weighted by Gasteiger charge is -2.15. The number of H-pyrrole nitrogens is 1. The maximum Gasteiger partial charge on any atom is 0.272 e. The highest BCUT2D eigenvalue weighted by atomic mass is 16.2. The van der Waals surface area contributed by atoms with Crippen LogP contribution < -0.4 is 0 Å². The Kier molecular flexibility index (Phi) is 4.49. The number of aromatic amines is 1. The number of nitrogens with zero attached hydrogens (tertiary/aromatic N) is 4. The second kappa shape index (κ2) is 7.45. The fourth-order valence-electron chi connectivity index (χ4n) is 3.86. The highest BCUT2D eigenvalue weighted by molar-refractivity contribution is 5.93. The van der Waals surface area contributed by atoms with Crippen LogP contribution in [0, 0.1) is 17.2 Å². The Balaban J connectivity index is 1.45. The number of benzene rings is 1. The maximum atomic E-state index is 12.8. The van der Waals surface area contributed by atoms with Gasteiger partial charge in [-0.2, -0.15) is 5.26 Å². The van der Waals surface area contributed by atoms with E-state index in [2.05, 4.69) is 39.2 Å². The number of fused-ring (bicyclic) bond motifs is 1. The van der Waals surface area contributed by atoms with Crippen molar-refractivity contribution in [2.45, 2.75) is 6.42 Å². The van der Waals surface area contributed by atoms with Crippen molar-refractivity contribution in [1.29, 1.82) is 5.26 Å². The van der Waals surface area contributed by atoms with Crippen molar-refractivity contribution in [2.75, 3.05) is 13.1 Å². The number of nitrogens with one attached hydrogen (secondary N) is 1. The summed E-state index contributed by atoms with van der Waals surface area (Å²) in [4.78, 5) is 27.0. The Morgan fingerprint density at radius 3 is 2.77 bits per heavy atom. The van der Waals surface area contributed by atoms with E-state index in [4.69, 9.17) is 5.26 Å². The van der Waals surface area contributed by atoms with Crippen LogP contribution in [0.3, 0.4) is 0 Å².